The summed E-state index contributed by atoms with van der Waals surface area (Å²) in [4.78, 5) is 14.9. The number of pyridine rings is 1. The normalized spacial score (nSPS) is 9.76. The number of amides is 1. The van der Waals surface area contributed by atoms with Gasteiger partial charge in [-0.05, 0) is 12.5 Å². The smallest absolute Gasteiger partial charge is 0.216 e. The van der Waals surface area contributed by atoms with Crippen LogP contribution in [0.25, 0.3) is 0 Å². The predicted molar refractivity (Wildman–Crippen MR) is 70.2 cm³/mol. The van der Waals surface area contributed by atoms with E-state index in [1.54, 1.807) is 6.20 Å². The van der Waals surface area contributed by atoms with Crippen LogP contribution >= 0.6 is 0 Å². The van der Waals surface area contributed by atoms with Crippen molar-refractivity contribution in [1.82, 2.24) is 10.3 Å². The second-order valence-corrected chi connectivity index (χ2v) is 3.77. The van der Waals surface area contributed by atoms with Gasteiger partial charge in [0, 0.05) is 44.5 Å². The Hall–Kier alpha value is -1.78. The Morgan fingerprint density at radius 2 is 2.12 bits per heavy atom. The Labute approximate surface area is 102 Å². The molecule has 0 fully saturated rings. The van der Waals surface area contributed by atoms with Crippen molar-refractivity contribution >= 4 is 17.4 Å². The molecule has 0 saturated carbocycles. The van der Waals surface area contributed by atoms with Gasteiger partial charge in [-0.2, -0.15) is 0 Å². The monoisotopic (exact) mass is 236 g/mol. The van der Waals surface area contributed by atoms with E-state index in [-0.39, 0.29) is 5.91 Å². The van der Waals surface area contributed by atoms with Gasteiger partial charge in [0.05, 0.1) is 0 Å². The molecule has 1 rings (SSSR count). The van der Waals surface area contributed by atoms with Gasteiger partial charge < -0.3 is 16.0 Å². The number of carbonyl (C=O) groups is 1. The first-order chi connectivity index (χ1) is 8.22. The lowest BCUT2D eigenvalue weighted by atomic mass is 10.3. The highest BCUT2D eigenvalue weighted by atomic mass is 16.1. The van der Waals surface area contributed by atoms with Crippen molar-refractivity contribution in [1.29, 1.82) is 0 Å². The van der Waals surface area contributed by atoms with Gasteiger partial charge in [0.15, 0.2) is 0 Å². The molecule has 3 N–H and O–H groups in total. The fourth-order valence-corrected chi connectivity index (χ4v) is 1.34. The summed E-state index contributed by atoms with van der Waals surface area (Å²) in [6, 6.07) is 3.87. The summed E-state index contributed by atoms with van der Waals surface area (Å²) in [6.45, 7) is 5.87. The molecule has 1 aromatic heterocycles. The molecule has 0 aliphatic rings. The van der Waals surface area contributed by atoms with E-state index in [2.05, 4.69) is 27.9 Å². The minimum absolute atomic E-state index is 0.00756. The van der Waals surface area contributed by atoms with Gasteiger partial charge in [-0.15, -0.1) is 0 Å². The molecular weight excluding hydrogens is 216 g/mol. The first-order valence-corrected chi connectivity index (χ1v) is 5.90. The van der Waals surface area contributed by atoms with E-state index >= 15 is 0 Å². The summed E-state index contributed by atoms with van der Waals surface area (Å²) in [7, 11) is 0. The van der Waals surface area contributed by atoms with Crippen LogP contribution in [-0.2, 0) is 4.79 Å². The van der Waals surface area contributed by atoms with Crippen molar-refractivity contribution in [2.75, 3.05) is 30.3 Å². The number of aromatic nitrogens is 1. The van der Waals surface area contributed by atoms with Crippen molar-refractivity contribution in [3.05, 3.63) is 18.3 Å². The van der Waals surface area contributed by atoms with Crippen LogP contribution < -0.4 is 16.0 Å². The molecule has 1 amide bonds. The average Bonchev–Trinajstić information content (AvgIpc) is 2.32. The fraction of sp³-hybridized carbons (Fsp3) is 0.500. The molecule has 5 heteroatoms. The lowest BCUT2D eigenvalue weighted by molar-refractivity contribution is -0.118. The third-order valence-electron chi connectivity index (χ3n) is 2.14. The van der Waals surface area contributed by atoms with E-state index in [1.807, 2.05) is 12.1 Å². The maximum absolute atomic E-state index is 10.7. The van der Waals surface area contributed by atoms with Crippen molar-refractivity contribution in [2.45, 2.75) is 20.3 Å². The standard InChI is InChI=1S/C12H20N4O/c1-3-5-15-12-9-11(4-6-16-12)14-8-7-13-10(2)17/h4,6,9H,3,5,7-8H2,1-2H3,(H,13,17)(H2,14,15,16). The first kappa shape index (κ1) is 13.3. The van der Waals surface area contributed by atoms with E-state index in [0.717, 1.165) is 24.5 Å². The largest absolute Gasteiger partial charge is 0.383 e. The topological polar surface area (TPSA) is 66.0 Å². The molecule has 5 nitrogen and oxygen atoms in total. The summed E-state index contributed by atoms with van der Waals surface area (Å²) in [5.41, 5.74) is 1.00. The highest BCUT2D eigenvalue weighted by Gasteiger charge is 1.96. The van der Waals surface area contributed by atoms with Gasteiger partial charge in [-0.25, -0.2) is 4.98 Å². The zero-order valence-corrected chi connectivity index (χ0v) is 10.4. The quantitative estimate of drug-likeness (QED) is 0.627. The molecule has 0 unspecified atom stereocenters. The third kappa shape index (κ3) is 5.75. The predicted octanol–water partition coefficient (Wildman–Crippen LogP) is 1.45. The number of hydrogen-bond donors (Lipinski definition) is 3. The van der Waals surface area contributed by atoms with Gasteiger partial charge in [0.2, 0.25) is 5.91 Å². The number of nitrogens with one attached hydrogen (secondary N) is 3. The van der Waals surface area contributed by atoms with Crippen LogP contribution in [0.15, 0.2) is 18.3 Å². The van der Waals surface area contributed by atoms with Crippen LogP contribution in [0.3, 0.4) is 0 Å². The van der Waals surface area contributed by atoms with E-state index in [4.69, 9.17) is 0 Å². The van der Waals surface area contributed by atoms with Crippen molar-refractivity contribution < 1.29 is 4.79 Å². The Morgan fingerprint density at radius 1 is 1.29 bits per heavy atom. The Kier molecular flexibility index (Phi) is 5.85. The zero-order chi connectivity index (χ0) is 12.5. The third-order valence-corrected chi connectivity index (χ3v) is 2.14. The van der Waals surface area contributed by atoms with Crippen LogP contribution in [-0.4, -0.2) is 30.5 Å². The number of carbonyl (C=O) groups excluding carboxylic acids is 1. The van der Waals surface area contributed by atoms with Crippen molar-refractivity contribution in [3.63, 3.8) is 0 Å². The minimum atomic E-state index is -0.00756. The number of anilines is 2. The highest BCUT2D eigenvalue weighted by Crippen LogP contribution is 2.11. The summed E-state index contributed by atoms with van der Waals surface area (Å²) >= 11 is 0. The van der Waals surface area contributed by atoms with E-state index in [9.17, 15) is 4.79 Å². The van der Waals surface area contributed by atoms with Crippen molar-refractivity contribution in [2.24, 2.45) is 0 Å². The van der Waals surface area contributed by atoms with Crippen LogP contribution in [0.1, 0.15) is 20.3 Å². The number of hydrogen-bond acceptors (Lipinski definition) is 4. The molecular formula is C12H20N4O. The fourth-order valence-electron chi connectivity index (χ4n) is 1.34. The Balaban J connectivity index is 2.34. The second kappa shape index (κ2) is 7.49. The van der Waals surface area contributed by atoms with E-state index < -0.39 is 0 Å². The van der Waals surface area contributed by atoms with Crippen molar-refractivity contribution in [3.8, 4) is 0 Å². The van der Waals surface area contributed by atoms with E-state index in [1.165, 1.54) is 6.92 Å². The zero-order valence-electron chi connectivity index (χ0n) is 10.4. The molecule has 1 aromatic rings. The number of nitrogens with zero attached hydrogens (tertiary/aromatic N) is 1. The van der Waals surface area contributed by atoms with Crippen LogP contribution in [0.2, 0.25) is 0 Å². The average molecular weight is 236 g/mol. The van der Waals surface area contributed by atoms with Gasteiger partial charge in [-0.1, -0.05) is 6.92 Å². The maximum atomic E-state index is 10.7. The van der Waals surface area contributed by atoms with Gasteiger partial charge >= 0.3 is 0 Å². The maximum Gasteiger partial charge on any atom is 0.216 e. The molecule has 1 heterocycles. The Morgan fingerprint density at radius 3 is 2.82 bits per heavy atom. The molecule has 0 aromatic carbocycles. The minimum Gasteiger partial charge on any atom is -0.383 e. The van der Waals surface area contributed by atoms with Crippen LogP contribution in [0.5, 0.6) is 0 Å². The molecule has 0 aliphatic carbocycles. The van der Waals surface area contributed by atoms with Gasteiger partial charge in [-0.3, -0.25) is 4.79 Å². The van der Waals surface area contributed by atoms with E-state index in [0.29, 0.717) is 13.1 Å². The molecule has 0 saturated heterocycles. The second-order valence-electron chi connectivity index (χ2n) is 3.77. The summed E-state index contributed by atoms with van der Waals surface area (Å²) < 4.78 is 0. The summed E-state index contributed by atoms with van der Waals surface area (Å²) in [5.74, 6) is 0.864. The summed E-state index contributed by atoms with van der Waals surface area (Å²) in [6.07, 6.45) is 2.83. The van der Waals surface area contributed by atoms with Gasteiger partial charge in [0.1, 0.15) is 5.82 Å². The Bertz CT molecular complexity index is 354. The molecule has 0 aliphatic heterocycles. The molecule has 0 atom stereocenters. The highest BCUT2D eigenvalue weighted by molar-refractivity contribution is 5.72. The molecule has 17 heavy (non-hydrogen) atoms. The summed E-state index contributed by atoms with van der Waals surface area (Å²) in [5, 5.41) is 9.18. The number of rotatable bonds is 7. The SMILES string of the molecule is CCCNc1cc(NCCNC(C)=O)ccn1. The van der Waals surface area contributed by atoms with Crippen LogP contribution in [0.4, 0.5) is 11.5 Å². The molecule has 0 bridgehead atoms. The lowest BCUT2D eigenvalue weighted by Gasteiger charge is -2.09. The lowest BCUT2D eigenvalue weighted by Crippen LogP contribution is -2.26. The molecule has 0 radical (unpaired) electrons. The molecule has 94 valence electrons. The van der Waals surface area contributed by atoms with Gasteiger partial charge in [0.25, 0.3) is 0 Å². The molecule has 0 spiro atoms. The first-order valence-electron chi connectivity index (χ1n) is 5.90. The van der Waals surface area contributed by atoms with Crippen LogP contribution in [0, 0.1) is 0 Å².